The minimum absolute atomic E-state index is 0.0975. The molecule has 4 aromatic rings. The van der Waals surface area contributed by atoms with Gasteiger partial charge in [-0.25, -0.2) is 18.7 Å². The van der Waals surface area contributed by atoms with Crippen LogP contribution in [0.2, 0.25) is 0 Å². The van der Waals surface area contributed by atoms with Crippen LogP contribution in [0.1, 0.15) is 23.1 Å². The summed E-state index contributed by atoms with van der Waals surface area (Å²) in [5.74, 6) is -0.143. The lowest BCUT2D eigenvalue weighted by molar-refractivity contribution is 0.135. The summed E-state index contributed by atoms with van der Waals surface area (Å²) in [5, 5.41) is 10.7. The smallest absolute Gasteiger partial charge is 0.226 e. The average molecular weight is 506 g/mol. The van der Waals surface area contributed by atoms with Crippen LogP contribution in [0.25, 0.3) is 32.2 Å². The van der Waals surface area contributed by atoms with Gasteiger partial charge in [-0.15, -0.1) is 11.3 Å². The quantitative estimate of drug-likeness (QED) is 0.439. The minimum atomic E-state index is -0.602. The van der Waals surface area contributed by atoms with Gasteiger partial charge in [-0.05, 0) is 37.1 Å². The van der Waals surface area contributed by atoms with Crippen LogP contribution < -0.4 is 10.6 Å². The number of halogens is 2. The Hall–Kier alpha value is -3.46. The number of nitrogens with two attached hydrogens (primary N) is 1. The number of benzene rings is 1. The van der Waals surface area contributed by atoms with Crippen LogP contribution in [0.4, 0.5) is 19.7 Å². The highest BCUT2D eigenvalue weighted by Gasteiger charge is 2.40. The summed E-state index contributed by atoms with van der Waals surface area (Å²) in [5.41, 5.74) is 8.03. The van der Waals surface area contributed by atoms with Gasteiger partial charge < -0.3 is 20.3 Å². The maximum atomic E-state index is 16.4. The number of likely N-dealkylation sites (N-methyl/N-ethyl adjacent to an activating group) is 1. The van der Waals surface area contributed by atoms with Crippen molar-refractivity contribution < 1.29 is 13.5 Å². The highest BCUT2D eigenvalue weighted by molar-refractivity contribution is 7.23. The standard InChI is InChI=1S/C25H21F2N7OS/c1-33-3-2-11-7-34(8-17(11)33)25-31-5-13-14-9-35-10-15(14)18(20(27)21(13)32-25)22-19-12(4-28)24(29)36-23(19)16(26)6-30-22/h5-6,11,17H,2-3,7-10,29H2,1H3/t11-,17+/m1/s1. The van der Waals surface area contributed by atoms with Crippen LogP contribution in [0.3, 0.4) is 0 Å². The molecule has 0 radical (unpaired) electrons. The molecule has 0 spiro atoms. The molecular formula is C25H21F2N7OS. The van der Waals surface area contributed by atoms with Crippen LogP contribution in [0.5, 0.6) is 0 Å². The van der Waals surface area contributed by atoms with E-state index in [2.05, 4.69) is 26.8 Å². The van der Waals surface area contributed by atoms with Crippen molar-refractivity contribution in [2.24, 2.45) is 5.92 Å². The lowest BCUT2D eigenvalue weighted by Gasteiger charge is -2.21. The van der Waals surface area contributed by atoms with Crippen LogP contribution >= 0.6 is 11.3 Å². The molecule has 3 aliphatic heterocycles. The number of hydrogen-bond donors (Lipinski definition) is 1. The Morgan fingerprint density at radius 2 is 2.03 bits per heavy atom. The van der Waals surface area contributed by atoms with Crippen LogP contribution in [0, 0.1) is 28.9 Å². The first kappa shape index (κ1) is 21.8. The van der Waals surface area contributed by atoms with E-state index in [9.17, 15) is 9.65 Å². The second kappa shape index (κ2) is 7.77. The molecule has 3 aliphatic rings. The molecule has 2 fully saturated rings. The summed E-state index contributed by atoms with van der Waals surface area (Å²) in [6, 6.07) is 2.49. The molecule has 3 aromatic heterocycles. The van der Waals surface area contributed by atoms with Crippen molar-refractivity contribution in [2.75, 3.05) is 37.3 Å². The van der Waals surface area contributed by atoms with E-state index in [1.807, 2.05) is 6.07 Å². The van der Waals surface area contributed by atoms with Crippen molar-refractivity contribution in [3.8, 4) is 17.3 Å². The summed E-state index contributed by atoms with van der Waals surface area (Å²) < 4.78 is 36.9. The third kappa shape index (κ3) is 2.92. The van der Waals surface area contributed by atoms with Gasteiger partial charge in [0.05, 0.1) is 35.4 Å². The Kier molecular flexibility index (Phi) is 4.70. The highest BCUT2D eigenvalue weighted by atomic mass is 32.1. The average Bonchev–Trinajstić information content (AvgIpc) is 3.65. The second-order valence-corrected chi connectivity index (χ2v) is 10.7. The lowest BCUT2D eigenvalue weighted by Crippen LogP contribution is -2.32. The topological polar surface area (TPSA) is 104 Å². The molecule has 0 unspecified atom stereocenters. The molecule has 2 N–H and O–H groups in total. The van der Waals surface area contributed by atoms with Crippen LogP contribution in [-0.2, 0) is 18.0 Å². The molecule has 6 heterocycles. The van der Waals surface area contributed by atoms with Gasteiger partial charge in [-0.1, -0.05) is 0 Å². The summed E-state index contributed by atoms with van der Waals surface area (Å²) >= 11 is 0.959. The predicted octanol–water partition coefficient (Wildman–Crippen LogP) is 3.81. The van der Waals surface area contributed by atoms with Gasteiger partial charge in [-0.2, -0.15) is 5.26 Å². The third-order valence-corrected chi connectivity index (χ3v) is 8.87. The number of pyridine rings is 1. The summed E-state index contributed by atoms with van der Waals surface area (Å²) in [6.45, 7) is 3.17. The number of hydrogen-bond acceptors (Lipinski definition) is 9. The maximum Gasteiger partial charge on any atom is 0.226 e. The Bertz CT molecular complexity index is 1630. The Labute approximate surface area is 208 Å². The number of fused-ring (bicyclic) bond motifs is 5. The van der Waals surface area contributed by atoms with E-state index in [4.69, 9.17) is 15.5 Å². The Morgan fingerprint density at radius 1 is 1.19 bits per heavy atom. The van der Waals surface area contributed by atoms with Crippen LogP contribution in [-0.4, -0.2) is 52.6 Å². The number of nitrogen functional groups attached to an aromatic ring is 1. The van der Waals surface area contributed by atoms with Crippen molar-refractivity contribution in [3.05, 3.63) is 40.7 Å². The normalized spacial score (nSPS) is 21.4. The Balaban J connectivity index is 1.45. The number of anilines is 2. The Morgan fingerprint density at radius 3 is 2.83 bits per heavy atom. The van der Waals surface area contributed by atoms with Gasteiger partial charge in [0.25, 0.3) is 0 Å². The van der Waals surface area contributed by atoms with E-state index in [-0.39, 0.29) is 50.6 Å². The first-order valence-electron chi connectivity index (χ1n) is 11.8. The zero-order valence-corrected chi connectivity index (χ0v) is 20.2. The molecule has 182 valence electrons. The number of ether oxygens (including phenoxy) is 1. The lowest BCUT2D eigenvalue weighted by atomic mass is 9.94. The second-order valence-electron chi connectivity index (χ2n) is 9.68. The molecule has 0 amide bonds. The monoisotopic (exact) mass is 505 g/mol. The van der Waals surface area contributed by atoms with Gasteiger partial charge >= 0.3 is 0 Å². The molecule has 0 bridgehead atoms. The van der Waals surface area contributed by atoms with Crippen molar-refractivity contribution >= 4 is 43.3 Å². The molecule has 1 aromatic carbocycles. The van der Waals surface area contributed by atoms with Gasteiger partial charge in [-0.3, -0.25) is 4.98 Å². The van der Waals surface area contributed by atoms with Gasteiger partial charge in [0, 0.05) is 41.7 Å². The fraction of sp³-hybridized carbons (Fsp3) is 0.360. The highest BCUT2D eigenvalue weighted by Crippen LogP contribution is 2.45. The molecule has 11 heteroatoms. The molecule has 8 nitrogen and oxygen atoms in total. The zero-order valence-electron chi connectivity index (χ0n) is 19.4. The van der Waals surface area contributed by atoms with E-state index in [0.29, 0.717) is 28.9 Å². The van der Waals surface area contributed by atoms with Crippen molar-refractivity contribution in [1.29, 1.82) is 5.26 Å². The number of likely N-dealkylation sites (tertiary alicyclic amines) is 1. The number of nitrogens with zero attached hydrogens (tertiary/aromatic N) is 6. The maximum absolute atomic E-state index is 16.4. The minimum Gasteiger partial charge on any atom is -0.389 e. The first-order chi connectivity index (χ1) is 17.5. The number of thiophene rings is 1. The van der Waals surface area contributed by atoms with E-state index < -0.39 is 11.6 Å². The fourth-order valence-corrected chi connectivity index (χ4v) is 6.95. The largest absolute Gasteiger partial charge is 0.389 e. The number of aromatic nitrogens is 3. The molecule has 7 rings (SSSR count). The van der Waals surface area contributed by atoms with Gasteiger partial charge in [0.15, 0.2) is 11.6 Å². The molecule has 0 aliphatic carbocycles. The summed E-state index contributed by atoms with van der Waals surface area (Å²) in [6.07, 6.45) is 3.85. The van der Waals surface area contributed by atoms with Crippen molar-refractivity contribution in [3.63, 3.8) is 0 Å². The van der Waals surface area contributed by atoms with Crippen molar-refractivity contribution in [1.82, 2.24) is 19.9 Å². The number of nitriles is 1. The summed E-state index contributed by atoms with van der Waals surface area (Å²) in [4.78, 5) is 18.0. The molecule has 0 saturated carbocycles. The zero-order chi connectivity index (χ0) is 24.7. The van der Waals surface area contributed by atoms with Gasteiger partial charge in [0.2, 0.25) is 5.95 Å². The number of rotatable bonds is 2. The van der Waals surface area contributed by atoms with Crippen molar-refractivity contribution in [2.45, 2.75) is 25.7 Å². The molecule has 2 saturated heterocycles. The fourth-order valence-electron chi connectivity index (χ4n) is 6.03. The first-order valence-corrected chi connectivity index (χ1v) is 12.6. The third-order valence-electron chi connectivity index (χ3n) is 7.84. The molecular weight excluding hydrogens is 484 g/mol. The SMILES string of the molecule is CN1CC[C@@H]2CN(c3ncc4c5c(c(-c6ncc(F)c7sc(N)c(C#N)c67)c(F)c4n3)COC5)C[C@@H]21. The van der Waals surface area contributed by atoms with E-state index in [0.717, 1.165) is 49.2 Å². The van der Waals surface area contributed by atoms with Gasteiger partial charge in [0.1, 0.15) is 16.6 Å². The van der Waals surface area contributed by atoms with Crippen LogP contribution in [0.15, 0.2) is 12.4 Å². The van der Waals surface area contributed by atoms with E-state index >= 15 is 4.39 Å². The van der Waals surface area contributed by atoms with E-state index in [1.165, 1.54) is 0 Å². The predicted molar refractivity (Wildman–Crippen MR) is 132 cm³/mol. The summed E-state index contributed by atoms with van der Waals surface area (Å²) in [7, 11) is 2.13. The molecule has 2 atom stereocenters. The molecule has 36 heavy (non-hydrogen) atoms. The van der Waals surface area contributed by atoms with E-state index in [1.54, 1.807) is 6.20 Å².